The van der Waals surface area contributed by atoms with E-state index in [4.69, 9.17) is 5.73 Å². The van der Waals surface area contributed by atoms with E-state index in [0.717, 1.165) is 12.1 Å². The Labute approximate surface area is 125 Å². The molecule has 1 unspecified atom stereocenters. The zero-order valence-electron chi connectivity index (χ0n) is 12.1. The Morgan fingerprint density at radius 1 is 1.36 bits per heavy atom. The minimum Gasteiger partial charge on any atom is -0.467 e. The van der Waals surface area contributed by atoms with Gasteiger partial charge in [-0.15, -0.1) is 0 Å². The summed E-state index contributed by atoms with van der Waals surface area (Å²) in [4.78, 5) is 22.9. The molecule has 0 heterocycles. The zero-order valence-corrected chi connectivity index (χ0v) is 12.1. The van der Waals surface area contributed by atoms with Gasteiger partial charge in [0, 0.05) is 12.5 Å². The van der Waals surface area contributed by atoms with Crippen molar-refractivity contribution in [2.24, 2.45) is 5.73 Å². The van der Waals surface area contributed by atoms with Gasteiger partial charge in [0.15, 0.2) is 0 Å². The second-order valence-corrected chi connectivity index (χ2v) is 4.75. The van der Waals surface area contributed by atoms with Crippen LogP contribution in [0.3, 0.4) is 0 Å². The average Bonchev–Trinajstić information content (AvgIpc) is 2.45. The number of carbonyl (C=O) groups is 2. The van der Waals surface area contributed by atoms with Crippen LogP contribution in [0, 0.1) is 0 Å². The molecule has 0 spiro atoms. The van der Waals surface area contributed by atoms with E-state index < -0.39 is 35.7 Å². The third-order valence-corrected chi connectivity index (χ3v) is 2.98. The van der Waals surface area contributed by atoms with Gasteiger partial charge in [0.1, 0.15) is 6.04 Å². The molecule has 2 atom stereocenters. The Hall–Kier alpha value is -2.09. The fourth-order valence-electron chi connectivity index (χ4n) is 1.80. The highest BCUT2D eigenvalue weighted by molar-refractivity contribution is 5.84. The molecule has 1 aromatic rings. The molecule has 0 aliphatic rings. The Bertz CT molecular complexity index is 546. The van der Waals surface area contributed by atoms with Gasteiger partial charge in [0.05, 0.1) is 12.7 Å². The Kier molecular flexibility index (Phi) is 5.92. The van der Waals surface area contributed by atoms with Crippen molar-refractivity contribution in [3.8, 4) is 0 Å². The highest BCUT2D eigenvalue weighted by Crippen LogP contribution is 2.30. The number of hydrogen-bond donors (Lipinski definition) is 2. The predicted octanol–water partition coefficient (Wildman–Crippen LogP) is 1.77. The predicted molar refractivity (Wildman–Crippen MR) is 72.6 cm³/mol. The second kappa shape index (κ2) is 7.26. The minimum absolute atomic E-state index is 0.190. The first-order chi connectivity index (χ1) is 10.1. The smallest absolute Gasteiger partial charge is 0.416 e. The lowest BCUT2D eigenvalue weighted by Gasteiger charge is -2.16. The number of amides is 1. The first-order valence-electron chi connectivity index (χ1n) is 6.45. The van der Waals surface area contributed by atoms with Gasteiger partial charge in [-0.2, -0.15) is 13.2 Å². The summed E-state index contributed by atoms with van der Waals surface area (Å²) in [5.41, 5.74) is 5.11. The molecule has 0 aliphatic carbocycles. The van der Waals surface area contributed by atoms with E-state index in [-0.39, 0.29) is 12.0 Å². The lowest BCUT2D eigenvalue weighted by Crippen LogP contribution is -2.40. The van der Waals surface area contributed by atoms with Gasteiger partial charge in [-0.1, -0.05) is 12.1 Å². The fraction of sp³-hybridized carbons (Fsp3) is 0.429. The van der Waals surface area contributed by atoms with Crippen molar-refractivity contribution in [3.63, 3.8) is 0 Å². The van der Waals surface area contributed by atoms with Crippen LogP contribution in [0.2, 0.25) is 0 Å². The summed E-state index contributed by atoms with van der Waals surface area (Å²) >= 11 is 0. The summed E-state index contributed by atoms with van der Waals surface area (Å²) in [5, 5.41) is 2.36. The quantitative estimate of drug-likeness (QED) is 0.811. The molecular formula is C14H17F3N2O3. The highest BCUT2D eigenvalue weighted by atomic mass is 19.4. The van der Waals surface area contributed by atoms with Gasteiger partial charge in [-0.3, -0.25) is 4.79 Å². The number of esters is 1. The van der Waals surface area contributed by atoms with Crippen LogP contribution >= 0.6 is 0 Å². The fourth-order valence-corrected chi connectivity index (χ4v) is 1.80. The Balaban J connectivity index is 2.71. The van der Waals surface area contributed by atoms with Crippen LogP contribution in [-0.4, -0.2) is 25.0 Å². The van der Waals surface area contributed by atoms with Crippen molar-refractivity contribution < 1.29 is 27.5 Å². The molecule has 1 rings (SSSR count). The number of methoxy groups -OCH3 is 1. The van der Waals surface area contributed by atoms with Crippen molar-refractivity contribution in [2.75, 3.05) is 7.11 Å². The number of carbonyl (C=O) groups excluding carboxylic acids is 2. The molecule has 3 N–H and O–H groups in total. The van der Waals surface area contributed by atoms with E-state index in [2.05, 4.69) is 10.1 Å². The molecule has 8 heteroatoms. The number of halogens is 3. The SMILES string of the molecule is COC(=O)[C@H](C)NC(=O)CC(N)c1cccc(C(F)(F)F)c1. The molecule has 22 heavy (non-hydrogen) atoms. The first kappa shape index (κ1) is 18.0. The summed E-state index contributed by atoms with van der Waals surface area (Å²) in [5.74, 6) is -1.18. The Morgan fingerprint density at radius 2 is 2.00 bits per heavy atom. The zero-order chi connectivity index (χ0) is 16.9. The summed E-state index contributed by atoms with van der Waals surface area (Å²) < 4.78 is 42.3. The van der Waals surface area contributed by atoms with Crippen LogP contribution < -0.4 is 11.1 Å². The monoisotopic (exact) mass is 318 g/mol. The lowest BCUT2D eigenvalue weighted by atomic mass is 10.0. The van der Waals surface area contributed by atoms with E-state index in [1.165, 1.54) is 26.2 Å². The van der Waals surface area contributed by atoms with Gasteiger partial charge >= 0.3 is 12.1 Å². The molecule has 0 bridgehead atoms. The van der Waals surface area contributed by atoms with Crippen LogP contribution in [0.25, 0.3) is 0 Å². The van der Waals surface area contributed by atoms with E-state index in [1.54, 1.807) is 0 Å². The average molecular weight is 318 g/mol. The number of hydrogen-bond acceptors (Lipinski definition) is 4. The van der Waals surface area contributed by atoms with E-state index in [0.29, 0.717) is 0 Å². The molecule has 0 aliphatic heterocycles. The molecule has 1 aromatic carbocycles. The van der Waals surface area contributed by atoms with Crippen molar-refractivity contribution in [1.29, 1.82) is 0 Å². The molecular weight excluding hydrogens is 301 g/mol. The first-order valence-corrected chi connectivity index (χ1v) is 6.45. The maximum absolute atomic E-state index is 12.6. The molecule has 0 saturated carbocycles. The summed E-state index contributed by atoms with van der Waals surface area (Å²) in [6.07, 6.45) is -4.72. The molecule has 0 aromatic heterocycles. The summed E-state index contributed by atoms with van der Waals surface area (Å²) in [7, 11) is 1.18. The number of benzene rings is 1. The number of rotatable bonds is 5. The number of nitrogens with one attached hydrogen (secondary N) is 1. The van der Waals surface area contributed by atoms with Gasteiger partial charge in [-0.25, -0.2) is 4.79 Å². The number of ether oxygens (including phenoxy) is 1. The third-order valence-electron chi connectivity index (χ3n) is 2.98. The van der Waals surface area contributed by atoms with Crippen molar-refractivity contribution in [1.82, 2.24) is 5.32 Å². The third kappa shape index (κ3) is 5.03. The van der Waals surface area contributed by atoms with Gasteiger partial charge in [-0.05, 0) is 24.6 Å². The van der Waals surface area contributed by atoms with Crippen LogP contribution in [0.5, 0.6) is 0 Å². The largest absolute Gasteiger partial charge is 0.467 e. The van der Waals surface area contributed by atoms with Gasteiger partial charge < -0.3 is 15.8 Å². The molecule has 5 nitrogen and oxygen atoms in total. The van der Waals surface area contributed by atoms with Crippen molar-refractivity contribution >= 4 is 11.9 Å². The van der Waals surface area contributed by atoms with Crippen molar-refractivity contribution in [2.45, 2.75) is 31.6 Å². The molecule has 122 valence electrons. The standard InChI is InChI=1S/C14H17F3N2O3/c1-8(13(21)22-2)19-12(20)7-11(18)9-4-3-5-10(6-9)14(15,16)17/h3-6,8,11H,7,18H2,1-2H3,(H,19,20)/t8-,11?/m0/s1. The molecule has 0 fully saturated rings. The number of nitrogens with two attached hydrogens (primary N) is 1. The van der Waals surface area contributed by atoms with Gasteiger partial charge in [0.25, 0.3) is 0 Å². The topological polar surface area (TPSA) is 81.4 Å². The number of alkyl halides is 3. The van der Waals surface area contributed by atoms with Crippen LogP contribution in [0.4, 0.5) is 13.2 Å². The van der Waals surface area contributed by atoms with Crippen LogP contribution in [-0.2, 0) is 20.5 Å². The van der Waals surface area contributed by atoms with E-state index in [1.807, 2.05) is 0 Å². The second-order valence-electron chi connectivity index (χ2n) is 4.75. The molecule has 0 saturated heterocycles. The molecule has 0 radical (unpaired) electrons. The van der Waals surface area contributed by atoms with Crippen LogP contribution in [0.1, 0.15) is 30.5 Å². The Morgan fingerprint density at radius 3 is 2.55 bits per heavy atom. The van der Waals surface area contributed by atoms with Crippen LogP contribution in [0.15, 0.2) is 24.3 Å². The minimum atomic E-state index is -4.47. The van der Waals surface area contributed by atoms with Gasteiger partial charge in [0.2, 0.25) is 5.91 Å². The summed E-state index contributed by atoms with van der Waals surface area (Å²) in [6, 6.07) is 2.71. The van der Waals surface area contributed by atoms with E-state index >= 15 is 0 Å². The maximum atomic E-state index is 12.6. The lowest BCUT2D eigenvalue weighted by molar-refractivity contribution is -0.144. The highest BCUT2D eigenvalue weighted by Gasteiger charge is 2.31. The molecule has 1 amide bonds. The van der Waals surface area contributed by atoms with E-state index in [9.17, 15) is 22.8 Å². The maximum Gasteiger partial charge on any atom is 0.416 e. The normalized spacial score (nSPS) is 14.1. The summed E-state index contributed by atoms with van der Waals surface area (Å²) in [6.45, 7) is 1.43. The van der Waals surface area contributed by atoms with Crippen molar-refractivity contribution in [3.05, 3.63) is 35.4 Å².